The molecule has 0 aliphatic rings. The van der Waals surface area contributed by atoms with E-state index >= 15 is 0 Å². The zero-order valence-electron chi connectivity index (χ0n) is 11.2. The number of hydrogen-bond acceptors (Lipinski definition) is 6. The summed E-state index contributed by atoms with van der Waals surface area (Å²) in [6.07, 6.45) is 1.66. The minimum Gasteiger partial charge on any atom is -0.423 e. The molecule has 1 unspecified atom stereocenters. The monoisotopic (exact) mass is 279 g/mol. The lowest BCUT2D eigenvalue weighted by molar-refractivity contribution is -0.384. The van der Waals surface area contributed by atoms with E-state index in [9.17, 15) is 10.1 Å². The van der Waals surface area contributed by atoms with Gasteiger partial charge in [-0.1, -0.05) is 13.3 Å². The van der Waals surface area contributed by atoms with Crippen LogP contribution in [-0.4, -0.2) is 28.2 Å². The van der Waals surface area contributed by atoms with Gasteiger partial charge in [0, 0.05) is 19.2 Å². The Morgan fingerprint density at radius 2 is 2.35 bits per heavy atom. The Balaban J connectivity index is 2.09. The van der Waals surface area contributed by atoms with Crippen LogP contribution in [0.2, 0.25) is 0 Å². The number of rotatable bonds is 7. The van der Waals surface area contributed by atoms with E-state index < -0.39 is 4.92 Å². The third-order valence-corrected chi connectivity index (χ3v) is 3.24. The van der Waals surface area contributed by atoms with Gasteiger partial charge in [0.2, 0.25) is 0 Å². The van der Waals surface area contributed by atoms with Crippen LogP contribution >= 0.6 is 0 Å². The molecule has 20 heavy (non-hydrogen) atoms. The van der Waals surface area contributed by atoms with Crippen molar-refractivity contribution in [1.82, 2.24) is 4.98 Å². The van der Waals surface area contributed by atoms with E-state index in [1.54, 1.807) is 6.07 Å². The minimum absolute atomic E-state index is 0.0214. The van der Waals surface area contributed by atoms with Gasteiger partial charge in [-0.25, -0.2) is 0 Å². The number of nitrogens with one attached hydrogen (secondary N) is 1. The predicted octanol–water partition coefficient (Wildman–Crippen LogP) is 2.56. The molecule has 0 radical (unpaired) electrons. The van der Waals surface area contributed by atoms with Crippen LogP contribution in [0.4, 0.5) is 11.7 Å². The lowest BCUT2D eigenvalue weighted by atomic mass is 10.0. The molecule has 1 aromatic heterocycles. The largest absolute Gasteiger partial charge is 0.423 e. The molecule has 1 aromatic carbocycles. The number of oxazole rings is 1. The molecule has 2 N–H and O–H groups in total. The average molecular weight is 279 g/mol. The van der Waals surface area contributed by atoms with Gasteiger partial charge in [0.25, 0.3) is 11.7 Å². The van der Waals surface area contributed by atoms with E-state index in [-0.39, 0.29) is 12.3 Å². The Bertz CT molecular complexity index is 596. The van der Waals surface area contributed by atoms with Crippen molar-refractivity contribution >= 4 is 22.8 Å². The van der Waals surface area contributed by atoms with E-state index in [1.807, 2.05) is 0 Å². The van der Waals surface area contributed by atoms with E-state index in [0.29, 0.717) is 29.6 Å². The summed E-state index contributed by atoms with van der Waals surface area (Å²) >= 11 is 0. The summed E-state index contributed by atoms with van der Waals surface area (Å²) in [5.74, 6) is 0.337. The van der Waals surface area contributed by atoms with Crippen LogP contribution in [0.25, 0.3) is 11.1 Å². The third kappa shape index (κ3) is 3.24. The van der Waals surface area contributed by atoms with Crippen molar-refractivity contribution in [3.8, 4) is 0 Å². The summed E-state index contributed by atoms with van der Waals surface area (Å²) in [6.45, 7) is 2.85. The van der Waals surface area contributed by atoms with Crippen molar-refractivity contribution in [1.29, 1.82) is 0 Å². The van der Waals surface area contributed by atoms with Crippen molar-refractivity contribution in [2.45, 2.75) is 19.8 Å². The molecule has 1 atom stereocenters. The second-order valence-electron chi connectivity index (χ2n) is 4.60. The molecule has 0 fully saturated rings. The van der Waals surface area contributed by atoms with Crippen LogP contribution in [-0.2, 0) is 0 Å². The molecule has 0 saturated heterocycles. The summed E-state index contributed by atoms with van der Waals surface area (Å²) in [6, 6.07) is 4.66. The van der Waals surface area contributed by atoms with Gasteiger partial charge in [0.15, 0.2) is 5.58 Å². The summed E-state index contributed by atoms with van der Waals surface area (Å²) in [7, 11) is 0. The quantitative estimate of drug-likeness (QED) is 0.596. The Hall–Kier alpha value is -2.15. The molecule has 0 saturated carbocycles. The second kappa shape index (κ2) is 6.33. The highest BCUT2D eigenvalue weighted by atomic mass is 16.6. The van der Waals surface area contributed by atoms with Gasteiger partial charge in [-0.2, -0.15) is 4.98 Å². The van der Waals surface area contributed by atoms with Gasteiger partial charge in [0.1, 0.15) is 5.52 Å². The number of fused-ring (bicyclic) bond motifs is 1. The normalized spacial score (nSPS) is 12.5. The molecule has 2 aromatic rings. The molecule has 108 valence electrons. The number of anilines is 1. The first-order valence-corrected chi connectivity index (χ1v) is 6.53. The van der Waals surface area contributed by atoms with Gasteiger partial charge in [-0.3, -0.25) is 10.1 Å². The summed E-state index contributed by atoms with van der Waals surface area (Å²) in [5.41, 5.74) is 0.942. The lowest BCUT2D eigenvalue weighted by Crippen LogP contribution is -2.15. The number of nitrogens with zero attached hydrogens (tertiary/aromatic N) is 2. The molecule has 0 bridgehead atoms. The number of non-ortho nitro benzene ring substituents is 1. The fourth-order valence-electron chi connectivity index (χ4n) is 1.97. The Kier molecular flexibility index (Phi) is 4.52. The summed E-state index contributed by atoms with van der Waals surface area (Å²) in [4.78, 5) is 14.4. The van der Waals surface area contributed by atoms with Gasteiger partial charge in [0.05, 0.1) is 11.0 Å². The molecule has 7 nitrogen and oxygen atoms in total. The minimum atomic E-state index is -0.469. The lowest BCUT2D eigenvalue weighted by Gasteiger charge is -2.12. The zero-order chi connectivity index (χ0) is 14.5. The molecular weight excluding hydrogens is 262 g/mol. The third-order valence-electron chi connectivity index (χ3n) is 3.24. The average Bonchev–Trinajstić information content (AvgIpc) is 2.85. The summed E-state index contributed by atoms with van der Waals surface area (Å²) < 4.78 is 5.44. The van der Waals surface area contributed by atoms with Crippen LogP contribution in [0.3, 0.4) is 0 Å². The van der Waals surface area contributed by atoms with Crippen LogP contribution < -0.4 is 5.32 Å². The molecule has 0 aliphatic carbocycles. The first-order chi connectivity index (χ1) is 9.63. The van der Waals surface area contributed by atoms with Crippen LogP contribution in [0.5, 0.6) is 0 Å². The van der Waals surface area contributed by atoms with Gasteiger partial charge in [-0.05, 0) is 18.4 Å². The topological polar surface area (TPSA) is 101 Å². The molecular formula is C13H17N3O4. The maximum atomic E-state index is 10.7. The fraction of sp³-hybridized carbons (Fsp3) is 0.462. The number of aliphatic hydroxyl groups excluding tert-OH is 1. The van der Waals surface area contributed by atoms with Crippen LogP contribution in [0.1, 0.15) is 19.8 Å². The van der Waals surface area contributed by atoms with Crippen LogP contribution in [0, 0.1) is 16.0 Å². The predicted molar refractivity (Wildman–Crippen MR) is 74.6 cm³/mol. The number of hydrogen-bond donors (Lipinski definition) is 2. The maximum absolute atomic E-state index is 10.7. The number of nitro benzene ring substituents is 1. The SMILES string of the molecule is CCC(CCO)CNc1nc2ccc([N+](=O)[O-])cc2o1. The first-order valence-electron chi connectivity index (χ1n) is 6.53. The Morgan fingerprint density at radius 3 is 3.00 bits per heavy atom. The first kappa shape index (κ1) is 14.3. The molecule has 0 aliphatic heterocycles. The highest BCUT2D eigenvalue weighted by Gasteiger charge is 2.12. The van der Waals surface area contributed by atoms with Crippen molar-refractivity contribution in [3.63, 3.8) is 0 Å². The number of nitro groups is 1. The number of aliphatic hydroxyl groups is 1. The molecule has 2 rings (SSSR count). The standard InChI is InChI=1S/C13H17N3O4/c1-2-9(5-6-17)8-14-13-15-11-4-3-10(16(18)19)7-12(11)20-13/h3-4,7,9,17H,2,5-6,8H2,1H3,(H,14,15). The molecule has 7 heteroatoms. The van der Waals surface area contributed by atoms with E-state index in [0.717, 1.165) is 12.8 Å². The Labute approximate surface area is 115 Å². The van der Waals surface area contributed by atoms with E-state index in [4.69, 9.17) is 9.52 Å². The highest BCUT2D eigenvalue weighted by molar-refractivity contribution is 5.77. The summed E-state index contributed by atoms with van der Waals surface area (Å²) in [5, 5.41) is 22.7. The fourth-order valence-corrected chi connectivity index (χ4v) is 1.97. The molecule has 0 spiro atoms. The van der Waals surface area contributed by atoms with Gasteiger partial charge < -0.3 is 14.8 Å². The van der Waals surface area contributed by atoms with Gasteiger partial charge in [-0.15, -0.1) is 0 Å². The maximum Gasteiger partial charge on any atom is 0.295 e. The van der Waals surface area contributed by atoms with Crippen molar-refractivity contribution in [2.75, 3.05) is 18.5 Å². The van der Waals surface area contributed by atoms with Crippen molar-refractivity contribution < 1.29 is 14.4 Å². The van der Waals surface area contributed by atoms with Crippen molar-refractivity contribution in [3.05, 3.63) is 28.3 Å². The smallest absolute Gasteiger partial charge is 0.295 e. The van der Waals surface area contributed by atoms with Crippen LogP contribution in [0.15, 0.2) is 22.6 Å². The second-order valence-corrected chi connectivity index (χ2v) is 4.60. The molecule has 0 amide bonds. The number of benzene rings is 1. The van der Waals surface area contributed by atoms with E-state index in [1.165, 1.54) is 12.1 Å². The highest BCUT2D eigenvalue weighted by Crippen LogP contribution is 2.24. The zero-order valence-corrected chi connectivity index (χ0v) is 11.2. The molecule has 1 heterocycles. The number of aromatic nitrogens is 1. The van der Waals surface area contributed by atoms with Gasteiger partial charge >= 0.3 is 0 Å². The Morgan fingerprint density at radius 1 is 1.55 bits per heavy atom. The van der Waals surface area contributed by atoms with E-state index in [2.05, 4.69) is 17.2 Å². The van der Waals surface area contributed by atoms with Crippen molar-refractivity contribution in [2.24, 2.45) is 5.92 Å².